The second-order valence-electron chi connectivity index (χ2n) is 2.54. The van der Waals surface area contributed by atoms with Gasteiger partial charge in [-0.2, -0.15) is 0 Å². The zero-order valence-corrected chi connectivity index (χ0v) is 7.69. The van der Waals surface area contributed by atoms with E-state index in [1.54, 1.807) is 0 Å². The highest BCUT2D eigenvalue weighted by Crippen LogP contribution is 2.25. The third kappa shape index (κ3) is 2.48. The molecule has 2 unspecified atom stereocenters. The van der Waals surface area contributed by atoms with Gasteiger partial charge in [0, 0.05) is 5.66 Å². The van der Waals surface area contributed by atoms with E-state index in [9.17, 15) is 0 Å². The summed E-state index contributed by atoms with van der Waals surface area (Å²) in [6.07, 6.45) is 2.97. The lowest BCUT2D eigenvalue weighted by molar-refractivity contribution is 0.974. The Hall–Kier alpha value is -0.610. The molecule has 0 amide bonds. The topological polar surface area (TPSA) is 0 Å². The van der Waals surface area contributed by atoms with Crippen LogP contribution in [0.5, 0.6) is 0 Å². The van der Waals surface area contributed by atoms with Crippen molar-refractivity contribution in [3.63, 3.8) is 0 Å². The van der Waals surface area contributed by atoms with Gasteiger partial charge in [0.1, 0.15) is 0 Å². The number of benzene rings is 1. The van der Waals surface area contributed by atoms with Gasteiger partial charge in [-0.05, 0) is 12.0 Å². The second-order valence-corrected chi connectivity index (χ2v) is 3.35. The maximum atomic E-state index is 3.71. The zero-order chi connectivity index (χ0) is 8.10. The smallest absolute Gasteiger partial charge is 0.00197 e. The molecule has 58 valence electrons. The van der Waals surface area contributed by atoms with Crippen LogP contribution in [0.25, 0.3) is 0 Å². The van der Waals surface area contributed by atoms with Crippen molar-refractivity contribution in [2.24, 2.45) is 0 Å². The number of hydrogen-bond acceptors (Lipinski definition) is 0. The van der Waals surface area contributed by atoms with Gasteiger partial charge in [-0.15, -0.1) is 15.8 Å². The molecular weight excluding hydrogens is 151 g/mol. The average molecular weight is 164 g/mol. The molecule has 0 saturated heterocycles. The van der Waals surface area contributed by atoms with E-state index in [2.05, 4.69) is 40.1 Å². The normalized spacial score (nSPS) is 12.5. The van der Waals surface area contributed by atoms with Crippen LogP contribution in [-0.2, 0) is 0 Å². The van der Waals surface area contributed by atoms with Crippen molar-refractivity contribution in [3.8, 4) is 0 Å². The maximum absolute atomic E-state index is 3.71. The highest BCUT2D eigenvalue weighted by atomic mass is 31.0. The van der Waals surface area contributed by atoms with Crippen molar-refractivity contribution in [2.45, 2.75) is 12.1 Å². The molecule has 0 aromatic heterocycles. The first-order valence-electron chi connectivity index (χ1n) is 3.76. The Bertz CT molecular complexity index is 216. The van der Waals surface area contributed by atoms with Gasteiger partial charge in [-0.1, -0.05) is 36.4 Å². The van der Waals surface area contributed by atoms with E-state index in [1.807, 2.05) is 12.1 Å². The molecule has 0 N–H and O–H groups in total. The third-order valence-electron chi connectivity index (χ3n) is 1.65. The first-order chi connectivity index (χ1) is 5.34. The van der Waals surface area contributed by atoms with Crippen LogP contribution in [-0.4, -0.2) is 0 Å². The van der Waals surface area contributed by atoms with Crippen LogP contribution in [0.15, 0.2) is 43.0 Å². The lowest BCUT2D eigenvalue weighted by Gasteiger charge is -2.07. The van der Waals surface area contributed by atoms with Gasteiger partial charge in [-0.25, -0.2) is 0 Å². The number of hydrogen-bond donors (Lipinski definition) is 0. The molecular formula is C10H13P. The van der Waals surface area contributed by atoms with E-state index >= 15 is 0 Å². The van der Waals surface area contributed by atoms with E-state index < -0.39 is 0 Å². The number of allylic oxidation sites excluding steroid dienone is 1. The van der Waals surface area contributed by atoms with Crippen LogP contribution in [0.3, 0.4) is 0 Å². The largest absolute Gasteiger partial charge is 0.129 e. The standard InChI is InChI=1S/C10H13P/c1-2-6-10(11)9-7-4-3-5-8-9/h2-5,7-8,10H,1,6,11H2. The Morgan fingerprint density at radius 2 is 2.00 bits per heavy atom. The molecule has 0 fully saturated rings. The molecule has 0 spiro atoms. The SMILES string of the molecule is C=CCC(P)c1ccccc1. The molecule has 0 heterocycles. The van der Waals surface area contributed by atoms with Crippen LogP contribution in [0.1, 0.15) is 17.6 Å². The van der Waals surface area contributed by atoms with Gasteiger partial charge in [0.2, 0.25) is 0 Å². The summed E-state index contributed by atoms with van der Waals surface area (Å²) in [5.74, 6) is 0. The van der Waals surface area contributed by atoms with Gasteiger partial charge in [0.25, 0.3) is 0 Å². The van der Waals surface area contributed by atoms with E-state index in [1.165, 1.54) is 5.56 Å². The summed E-state index contributed by atoms with van der Waals surface area (Å²) < 4.78 is 0. The Kier molecular flexibility index (Phi) is 3.32. The summed E-state index contributed by atoms with van der Waals surface area (Å²) in [5, 5.41) is 0. The summed E-state index contributed by atoms with van der Waals surface area (Å²) in [6.45, 7) is 3.71. The van der Waals surface area contributed by atoms with Gasteiger partial charge in [0.15, 0.2) is 0 Å². The number of rotatable bonds is 3. The van der Waals surface area contributed by atoms with Crippen molar-refractivity contribution < 1.29 is 0 Å². The van der Waals surface area contributed by atoms with E-state index in [0.717, 1.165) is 6.42 Å². The molecule has 11 heavy (non-hydrogen) atoms. The fourth-order valence-corrected chi connectivity index (χ4v) is 1.43. The molecule has 1 aromatic carbocycles. The molecule has 0 bridgehead atoms. The summed E-state index contributed by atoms with van der Waals surface area (Å²) in [7, 11) is 2.82. The summed E-state index contributed by atoms with van der Waals surface area (Å²) >= 11 is 0. The fraction of sp³-hybridized carbons (Fsp3) is 0.200. The minimum absolute atomic E-state index is 0.522. The maximum Gasteiger partial charge on any atom is 0.00197 e. The van der Waals surface area contributed by atoms with Crippen molar-refractivity contribution in [1.82, 2.24) is 0 Å². The quantitative estimate of drug-likeness (QED) is 0.475. The molecule has 0 nitrogen and oxygen atoms in total. The van der Waals surface area contributed by atoms with Crippen molar-refractivity contribution >= 4 is 9.24 Å². The van der Waals surface area contributed by atoms with Gasteiger partial charge >= 0.3 is 0 Å². The first-order valence-corrected chi connectivity index (χ1v) is 4.42. The molecule has 0 aliphatic heterocycles. The highest BCUT2D eigenvalue weighted by molar-refractivity contribution is 7.17. The first kappa shape index (κ1) is 8.49. The van der Waals surface area contributed by atoms with Gasteiger partial charge < -0.3 is 0 Å². The van der Waals surface area contributed by atoms with Crippen LogP contribution in [0.2, 0.25) is 0 Å². The molecule has 1 aromatic rings. The van der Waals surface area contributed by atoms with Crippen molar-refractivity contribution in [3.05, 3.63) is 48.6 Å². The molecule has 0 aliphatic rings. The van der Waals surface area contributed by atoms with Crippen LogP contribution in [0.4, 0.5) is 0 Å². The zero-order valence-electron chi connectivity index (χ0n) is 6.53. The van der Waals surface area contributed by atoms with Crippen LogP contribution < -0.4 is 0 Å². The fourth-order valence-electron chi connectivity index (χ4n) is 1.02. The predicted octanol–water partition coefficient (Wildman–Crippen LogP) is 3.18. The Labute approximate surface area is 70.5 Å². The summed E-state index contributed by atoms with van der Waals surface area (Å²) in [4.78, 5) is 0. The molecule has 2 atom stereocenters. The van der Waals surface area contributed by atoms with E-state index in [0.29, 0.717) is 5.66 Å². The predicted molar refractivity (Wildman–Crippen MR) is 53.7 cm³/mol. The molecule has 0 aliphatic carbocycles. The lowest BCUT2D eigenvalue weighted by Crippen LogP contribution is -1.85. The molecule has 1 heteroatoms. The summed E-state index contributed by atoms with van der Waals surface area (Å²) in [6, 6.07) is 10.4. The summed E-state index contributed by atoms with van der Waals surface area (Å²) in [5.41, 5.74) is 1.88. The van der Waals surface area contributed by atoms with Crippen LogP contribution >= 0.6 is 9.24 Å². The van der Waals surface area contributed by atoms with Crippen molar-refractivity contribution in [1.29, 1.82) is 0 Å². The van der Waals surface area contributed by atoms with Crippen molar-refractivity contribution in [2.75, 3.05) is 0 Å². The monoisotopic (exact) mass is 164 g/mol. The van der Waals surface area contributed by atoms with E-state index in [-0.39, 0.29) is 0 Å². The average Bonchev–Trinajstić information content (AvgIpc) is 2.07. The molecule has 0 saturated carbocycles. The van der Waals surface area contributed by atoms with Crippen LogP contribution in [0, 0.1) is 0 Å². The highest BCUT2D eigenvalue weighted by Gasteiger charge is 2.00. The minimum Gasteiger partial charge on any atom is -0.129 e. The minimum atomic E-state index is 0.522. The Morgan fingerprint density at radius 3 is 2.55 bits per heavy atom. The molecule has 0 radical (unpaired) electrons. The van der Waals surface area contributed by atoms with Gasteiger partial charge in [-0.3, -0.25) is 0 Å². The lowest BCUT2D eigenvalue weighted by atomic mass is 10.1. The van der Waals surface area contributed by atoms with E-state index in [4.69, 9.17) is 0 Å². The second kappa shape index (κ2) is 4.31. The molecule has 1 rings (SSSR count). The van der Waals surface area contributed by atoms with Gasteiger partial charge in [0.05, 0.1) is 0 Å². The Balaban J connectivity index is 2.68. The Morgan fingerprint density at radius 1 is 1.36 bits per heavy atom. The third-order valence-corrected chi connectivity index (χ3v) is 2.31.